The van der Waals surface area contributed by atoms with E-state index in [1.54, 1.807) is 0 Å². The van der Waals surface area contributed by atoms with Crippen LogP contribution in [0.25, 0.3) is 0 Å². The monoisotopic (exact) mass is 202 g/mol. The summed E-state index contributed by atoms with van der Waals surface area (Å²) in [4.78, 5) is 0. The Morgan fingerprint density at radius 1 is 1.60 bits per heavy atom. The molecule has 0 unspecified atom stereocenters. The molecule has 5 heavy (non-hydrogen) atoms. The van der Waals surface area contributed by atoms with Gasteiger partial charge in [-0.2, -0.15) is 0 Å². The Morgan fingerprint density at radius 3 is 1.80 bits per heavy atom. The van der Waals surface area contributed by atoms with Crippen molar-refractivity contribution >= 4 is 32.0 Å². The van der Waals surface area contributed by atoms with Gasteiger partial charge in [0.15, 0.2) is 0 Å². The normalized spacial score (nSPS) is 9.60. The van der Waals surface area contributed by atoms with Crippen LogP contribution >= 0.6 is 0 Å². The fraction of sp³-hybridized carbons (Fsp3) is 1.00. The molecule has 0 saturated carbocycles. The van der Waals surface area contributed by atoms with Gasteiger partial charge in [-0.3, -0.25) is 0 Å². The van der Waals surface area contributed by atoms with Crippen LogP contribution in [0, 0.1) is 0 Å². The summed E-state index contributed by atoms with van der Waals surface area (Å²) in [7, 11) is 0. The van der Waals surface area contributed by atoms with E-state index in [0.29, 0.717) is 3.71 Å². The SMILES string of the molecule is CCC([Se])[Se]. The fourth-order valence-electron chi connectivity index (χ4n) is 0. The van der Waals surface area contributed by atoms with E-state index in [0.717, 1.165) is 0 Å². The summed E-state index contributed by atoms with van der Waals surface area (Å²) in [5, 5.41) is 0. The van der Waals surface area contributed by atoms with E-state index in [2.05, 4.69) is 38.9 Å². The first-order valence-corrected chi connectivity index (χ1v) is 3.56. The Labute approximate surface area is 49.3 Å². The summed E-state index contributed by atoms with van der Waals surface area (Å²) in [5.74, 6) is 0. The maximum absolute atomic E-state index is 2.93. The molecular weight excluding hydrogens is 194 g/mol. The van der Waals surface area contributed by atoms with Gasteiger partial charge >= 0.3 is 49.1 Å². The molecule has 0 bridgehead atoms. The average molecular weight is 200 g/mol. The van der Waals surface area contributed by atoms with Crippen LogP contribution in [0.2, 0.25) is 3.71 Å². The van der Waals surface area contributed by atoms with Crippen LogP contribution in [-0.2, 0) is 0 Å². The third-order valence-corrected chi connectivity index (χ3v) is 1.73. The molecule has 0 fully saturated rings. The van der Waals surface area contributed by atoms with Crippen LogP contribution in [0.1, 0.15) is 13.3 Å². The summed E-state index contributed by atoms with van der Waals surface area (Å²) in [6.07, 6.45) is 1.19. The summed E-state index contributed by atoms with van der Waals surface area (Å²) >= 11 is 5.87. The van der Waals surface area contributed by atoms with Crippen molar-refractivity contribution in [3.63, 3.8) is 0 Å². The molecule has 0 amide bonds. The van der Waals surface area contributed by atoms with Crippen molar-refractivity contribution in [1.82, 2.24) is 0 Å². The third-order valence-electron chi connectivity index (χ3n) is 0.333. The molecule has 30 valence electrons. The summed E-state index contributed by atoms with van der Waals surface area (Å²) in [6, 6.07) is 0. The molecule has 0 saturated heterocycles. The topological polar surface area (TPSA) is 0 Å². The van der Waals surface area contributed by atoms with E-state index in [1.807, 2.05) is 0 Å². The molecule has 2 radical (unpaired) electrons. The average Bonchev–Trinajstić information content (AvgIpc) is 1.38. The Hall–Kier alpha value is 1.04. The number of rotatable bonds is 1. The third kappa shape index (κ3) is 5.04. The molecule has 0 aliphatic rings. The van der Waals surface area contributed by atoms with Crippen LogP contribution in [0.5, 0.6) is 0 Å². The van der Waals surface area contributed by atoms with Crippen molar-refractivity contribution in [2.24, 2.45) is 0 Å². The van der Waals surface area contributed by atoms with Crippen molar-refractivity contribution in [3.8, 4) is 0 Å². The van der Waals surface area contributed by atoms with Crippen molar-refractivity contribution in [3.05, 3.63) is 0 Å². The molecule has 0 aliphatic heterocycles. The first kappa shape index (κ1) is 6.04. The van der Waals surface area contributed by atoms with Gasteiger partial charge < -0.3 is 0 Å². The van der Waals surface area contributed by atoms with Gasteiger partial charge in [0, 0.05) is 0 Å². The molecule has 0 aromatic rings. The van der Waals surface area contributed by atoms with Gasteiger partial charge in [0.2, 0.25) is 0 Å². The Kier molecular flexibility index (Phi) is 3.91. The summed E-state index contributed by atoms with van der Waals surface area (Å²) < 4.78 is 0.634. The second-order valence-electron chi connectivity index (χ2n) is 0.838. The first-order chi connectivity index (χ1) is 2.27. The first-order valence-electron chi connectivity index (χ1n) is 1.59. The van der Waals surface area contributed by atoms with Crippen molar-refractivity contribution in [2.75, 3.05) is 0 Å². The molecule has 0 N–H and O–H groups in total. The molecule has 0 aromatic carbocycles. The molecule has 0 spiro atoms. The van der Waals surface area contributed by atoms with E-state index in [1.165, 1.54) is 6.42 Å². The maximum atomic E-state index is 2.93. The van der Waals surface area contributed by atoms with Gasteiger partial charge in [0.25, 0.3) is 0 Å². The Bertz CT molecular complexity index is 18.9. The standard InChI is InChI=1S/C3H6Se2/c1-2-3(4)5/h3H,2H2,1H3. The van der Waals surface area contributed by atoms with Crippen molar-refractivity contribution in [2.45, 2.75) is 17.1 Å². The van der Waals surface area contributed by atoms with E-state index < -0.39 is 0 Å². The molecule has 0 aliphatic carbocycles. The summed E-state index contributed by atoms with van der Waals surface area (Å²) in [6.45, 7) is 2.14. The zero-order valence-electron chi connectivity index (χ0n) is 3.10. The van der Waals surface area contributed by atoms with Crippen LogP contribution < -0.4 is 0 Å². The Morgan fingerprint density at radius 2 is 1.80 bits per heavy atom. The zero-order valence-corrected chi connectivity index (χ0v) is 6.53. The van der Waals surface area contributed by atoms with E-state index in [4.69, 9.17) is 0 Å². The number of hydrogen-bond donors (Lipinski definition) is 0. The molecule has 0 heterocycles. The minimum atomic E-state index is 0.634. The fourth-order valence-corrected chi connectivity index (χ4v) is 0. The summed E-state index contributed by atoms with van der Waals surface area (Å²) in [5.41, 5.74) is 0. The minimum absolute atomic E-state index is 0.634. The molecule has 0 rings (SSSR count). The van der Waals surface area contributed by atoms with Gasteiger partial charge in [-0.25, -0.2) is 0 Å². The zero-order chi connectivity index (χ0) is 4.28. The van der Waals surface area contributed by atoms with Gasteiger partial charge in [-0.1, -0.05) is 0 Å². The van der Waals surface area contributed by atoms with Crippen LogP contribution in [0.3, 0.4) is 0 Å². The van der Waals surface area contributed by atoms with Gasteiger partial charge in [0.05, 0.1) is 0 Å². The van der Waals surface area contributed by atoms with Crippen LogP contribution in [-0.4, -0.2) is 32.0 Å². The molecule has 0 atom stereocenters. The predicted octanol–water partition coefficient (Wildman–Crippen LogP) is 0.479. The van der Waals surface area contributed by atoms with E-state index >= 15 is 0 Å². The van der Waals surface area contributed by atoms with Gasteiger partial charge in [0.1, 0.15) is 0 Å². The van der Waals surface area contributed by atoms with E-state index in [-0.39, 0.29) is 0 Å². The van der Waals surface area contributed by atoms with Crippen molar-refractivity contribution in [1.29, 1.82) is 0 Å². The molecule has 0 aromatic heterocycles. The second-order valence-corrected chi connectivity index (χ2v) is 4.74. The Balaban J connectivity index is 2.54. The van der Waals surface area contributed by atoms with Crippen molar-refractivity contribution < 1.29 is 0 Å². The van der Waals surface area contributed by atoms with Crippen LogP contribution in [0.15, 0.2) is 0 Å². The van der Waals surface area contributed by atoms with E-state index in [9.17, 15) is 0 Å². The predicted molar refractivity (Wildman–Crippen MR) is 25.5 cm³/mol. The van der Waals surface area contributed by atoms with Crippen LogP contribution in [0.4, 0.5) is 0 Å². The van der Waals surface area contributed by atoms with Gasteiger partial charge in [-0.05, 0) is 0 Å². The van der Waals surface area contributed by atoms with Gasteiger partial charge in [-0.15, -0.1) is 0 Å². The second kappa shape index (κ2) is 3.24. The quantitative estimate of drug-likeness (QED) is 0.540. The molecular formula is C3H6Se2. The molecule has 0 nitrogen and oxygen atoms in total. The number of hydrogen-bond acceptors (Lipinski definition) is 0. The molecule has 2 heteroatoms.